The average molecular weight is 398 g/mol. The number of nitro benzene ring substituents is 1. The molecule has 8 heteroatoms. The van der Waals surface area contributed by atoms with E-state index < -0.39 is 23.4 Å². The summed E-state index contributed by atoms with van der Waals surface area (Å²) in [6.07, 6.45) is 2.77. The minimum absolute atomic E-state index is 0.0176. The Hall–Kier alpha value is -3.42. The van der Waals surface area contributed by atoms with Gasteiger partial charge in [-0.15, -0.1) is 0 Å². The highest BCUT2D eigenvalue weighted by Crippen LogP contribution is 2.30. The largest absolute Gasteiger partial charge is 0.487 e. The zero-order chi connectivity index (χ0) is 20.8. The van der Waals surface area contributed by atoms with Gasteiger partial charge in [-0.1, -0.05) is 24.3 Å². The van der Waals surface area contributed by atoms with Gasteiger partial charge in [-0.05, 0) is 49.4 Å². The molecular formula is C21H22N2O6. The molecule has 1 amide bonds. The number of nitrogens with one attached hydrogen (secondary N) is 1. The standard InChI is InChI=1S/C21H22N2O6/c1-2-28-19-11-10-15(12-18(19)23(26)27)21(25)29-13-20(24)22-17-9-5-7-14-6-3-4-8-16(14)17/h3-4,6,8,10-12,17H,2,5,7,9,13H2,1H3,(H,22,24)/t17-/m0/s1. The van der Waals surface area contributed by atoms with Crippen molar-refractivity contribution in [2.45, 2.75) is 32.2 Å². The SMILES string of the molecule is CCOc1ccc(C(=O)OCC(=O)N[C@H]2CCCc3ccccc32)cc1[N+](=O)[O-]. The third kappa shape index (κ3) is 4.90. The van der Waals surface area contributed by atoms with Crippen LogP contribution >= 0.6 is 0 Å². The van der Waals surface area contributed by atoms with Gasteiger partial charge in [-0.3, -0.25) is 14.9 Å². The highest BCUT2D eigenvalue weighted by atomic mass is 16.6. The minimum Gasteiger partial charge on any atom is -0.487 e. The summed E-state index contributed by atoms with van der Waals surface area (Å²) in [5.74, 6) is -1.15. The van der Waals surface area contributed by atoms with Crippen molar-refractivity contribution < 1.29 is 24.0 Å². The lowest BCUT2D eigenvalue weighted by atomic mass is 9.88. The first-order valence-electron chi connectivity index (χ1n) is 9.45. The molecule has 0 radical (unpaired) electrons. The number of nitrogens with zero attached hydrogens (tertiary/aromatic N) is 1. The first kappa shape index (κ1) is 20.3. The Balaban J connectivity index is 1.60. The summed E-state index contributed by atoms with van der Waals surface area (Å²) in [5.41, 5.74) is 1.95. The van der Waals surface area contributed by atoms with Crippen LogP contribution in [-0.2, 0) is 16.0 Å². The Kier molecular flexibility index (Phi) is 6.43. The van der Waals surface area contributed by atoms with E-state index in [0.717, 1.165) is 30.9 Å². The number of ether oxygens (including phenoxy) is 2. The lowest BCUT2D eigenvalue weighted by Gasteiger charge is -2.26. The maximum Gasteiger partial charge on any atom is 0.338 e. The molecule has 3 rings (SSSR count). The number of hydrogen-bond donors (Lipinski definition) is 1. The Morgan fingerprint density at radius 3 is 2.79 bits per heavy atom. The van der Waals surface area contributed by atoms with Crippen molar-refractivity contribution in [2.24, 2.45) is 0 Å². The smallest absolute Gasteiger partial charge is 0.338 e. The van der Waals surface area contributed by atoms with Crippen LogP contribution in [0.3, 0.4) is 0 Å². The topological polar surface area (TPSA) is 108 Å². The highest BCUT2D eigenvalue weighted by Gasteiger charge is 2.23. The number of fused-ring (bicyclic) bond motifs is 1. The number of carbonyl (C=O) groups excluding carboxylic acids is 2. The van der Waals surface area contributed by atoms with E-state index in [9.17, 15) is 19.7 Å². The van der Waals surface area contributed by atoms with Gasteiger partial charge in [-0.2, -0.15) is 0 Å². The second-order valence-corrected chi connectivity index (χ2v) is 6.66. The molecular weight excluding hydrogens is 376 g/mol. The number of esters is 1. The van der Waals surface area contributed by atoms with Gasteiger partial charge in [0.15, 0.2) is 12.4 Å². The van der Waals surface area contributed by atoms with Crippen LogP contribution in [0.2, 0.25) is 0 Å². The van der Waals surface area contributed by atoms with Gasteiger partial charge in [0, 0.05) is 6.07 Å². The van der Waals surface area contributed by atoms with E-state index in [1.807, 2.05) is 24.3 Å². The molecule has 0 aliphatic heterocycles. The first-order chi connectivity index (χ1) is 14.0. The molecule has 1 N–H and O–H groups in total. The molecule has 0 unspecified atom stereocenters. The van der Waals surface area contributed by atoms with Gasteiger partial charge >= 0.3 is 11.7 Å². The van der Waals surface area contributed by atoms with Crippen molar-refractivity contribution >= 4 is 17.6 Å². The number of nitro groups is 1. The van der Waals surface area contributed by atoms with Crippen LogP contribution in [0.1, 0.15) is 47.3 Å². The van der Waals surface area contributed by atoms with E-state index in [0.29, 0.717) is 0 Å². The molecule has 0 saturated carbocycles. The molecule has 0 aromatic heterocycles. The van der Waals surface area contributed by atoms with Crippen LogP contribution in [0, 0.1) is 10.1 Å². The van der Waals surface area contributed by atoms with Gasteiger partial charge < -0.3 is 14.8 Å². The van der Waals surface area contributed by atoms with Crippen LogP contribution in [0.25, 0.3) is 0 Å². The second kappa shape index (κ2) is 9.18. The molecule has 0 fully saturated rings. The number of amides is 1. The Morgan fingerprint density at radius 2 is 2.03 bits per heavy atom. The van der Waals surface area contributed by atoms with E-state index in [-0.39, 0.29) is 29.6 Å². The summed E-state index contributed by atoms with van der Waals surface area (Å²) in [6.45, 7) is 1.50. The summed E-state index contributed by atoms with van der Waals surface area (Å²) in [7, 11) is 0. The van der Waals surface area contributed by atoms with Crippen molar-refractivity contribution in [3.05, 3.63) is 69.3 Å². The van der Waals surface area contributed by atoms with Crippen molar-refractivity contribution in [3.8, 4) is 5.75 Å². The van der Waals surface area contributed by atoms with Crippen LogP contribution < -0.4 is 10.1 Å². The maximum absolute atomic E-state index is 12.3. The molecule has 8 nitrogen and oxygen atoms in total. The Morgan fingerprint density at radius 1 is 1.24 bits per heavy atom. The molecule has 1 atom stereocenters. The lowest BCUT2D eigenvalue weighted by molar-refractivity contribution is -0.385. The molecule has 2 aromatic rings. The number of carbonyl (C=O) groups is 2. The van der Waals surface area contributed by atoms with Crippen molar-refractivity contribution in [2.75, 3.05) is 13.2 Å². The van der Waals surface area contributed by atoms with E-state index in [1.165, 1.54) is 17.7 Å². The summed E-state index contributed by atoms with van der Waals surface area (Å²) in [4.78, 5) is 35.0. The van der Waals surface area contributed by atoms with Crippen molar-refractivity contribution in [1.82, 2.24) is 5.32 Å². The van der Waals surface area contributed by atoms with E-state index in [2.05, 4.69) is 5.32 Å². The van der Waals surface area contributed by atoms with E-state index in [4.69, 9.17) is 9.47 Å². The van der Waals surface area contributed by atoms with Crippen LogP contribution in [0.5, 0.6) is 5.75 Å². The second-order valence-electron chi connectivity index (χ2n) is 6.66. The Bertz CT molecular complexity index is 927. The third-order valence-corrected chi connectivity index (χ3v) is 4.73. The predicted molar refractivity (Wildman–Crippen MR) is 105 cm³/mol. The highest BCUT2D eigenvalue weighted by molar-refractivity contribution is 5.92. The minimum atomic E-state index is -0.810. The molecule has 29 heavy (non-hydrogen) atoms. The Labute approximate surface area is 168 Å². The lowest BCUT2D eigenvalue weighted by Crippen LogP contribution is -2.34. The van der Waals surface area contributed by atoms with Crippen LogP contribution in [0.4, 0.5) is 5.69 Å². The van der Waals surface area contributed by atoms with Crippen LogP contribution in [0.15, 0.2) is 42.5 Å². The summed E-state index contributed by atoms with van der Waals surface area (Å²) >= 11 is 0. The number of hydrogen-bond acceptors (Lipinski definition) is 6. The monoisotopic (exact) mass is 398 g/mol. The van der Waals surface area contributed by atoms with Crippen molar-refractivity contribution in [1.29, 1.82) is 0 Å². The molecule has 0 spiro atoms. The maximum atomic E-state index is 12.3. The van der Waals surface area contributed by atoms with Crippen molar-refractivity contribution in [3.63, 3.8) is 0 Å². The zero-order valence-corrected chi connectivity index (χ0v) is 16.1. The average Bonchev–Trinajstić information content (AvgIpc) is 2.72. The molecule has 2 aromatic carbocycles. The molecule has 1 aliphatic carbocycles. The first-order valence-corrected chi connectivity index (χ1v) is 9.45. The molecule has 0 bridgehead atoms. The molecule has 0 saturated heterocycles. The number of rotatable bonds is 7. The van der Waals surface area contributed by atoms with Gasteiger partial charge in [0.1, 0.15) is 0 Å². The molecule has 0 heterocycles. The fourth-order valence-corrected chi connectivity index (χ4v) is 3.42. The quantitative estimate of drug-likeness (QED) is 0.435. The number of aryl methyl sites for hydroxylation is 1. The third-order valence-electron chi connectivity index (χ3n) is 4.73. The predicted octanol–water partition coefficient (Wildman–Crippen LogP) is 3.34. The normalized spacial score (nSPS) is 15.1. The molecule has 152 valence electrons. The number of benzene rings is 2. The molecule has 1 aliphatic rings. The summed E-state index contributed by atoms with van der Waals surface area (Å²) < 4.78 is 10.2. The summed E-state index contributed by atoms with van der Waals surface area (Å²) in [5, 5.41) is 14.1. The van der Waals surface area contributed by atoms with E-state index in [1.54, 1.807) is 6.92 Å². The zero-order valence-electron chi connectivity index (χ0n) is 16.1. The summed E-state index contributed by atoms with van der Waals surface area (Å²) in [6, 6.07) is 11.6. The van der Waals surface area contributed by atoms with Gasteiger partial charge in [0.25, 0.3) is 5.91 Å². The fraction of sp³-hybridized carbons (Fsp3) is 0.333. The van der Waals surface area contributed by atoms with Gasteiger partial charge in [-0.25, -0.2) is 4.79 Å². The van der Waals surface area contributed by atoms with Gasteiger partial charge in [0.2, 0.25) is 0 Å². The van der Waals surface area contributed by atoms with E-state index >= 15 is 0 Å². The van der Waals surface area contributed by atoms with Gasteiger partial charge in [0.05, 0.1) is 23.1 Å². The fourth-order valence-electron chi connectivity index (χ4n) is 3.42. The van der Waals surface area contributed by atoms with Crippen LogP contribution in [-0.4, -0.2) is 30.0 Å².